The van der Waals surface area contributed by atoms with Crippen LogP contribution in [0.1, 0.15) is 0 Å². The average molecular weight is 296 g/mol. The van der Waals surface area contributed by atoms with Crippen molar-refractivity contribution in [3.05, 3.63) is 24.3 Å². The first kappa shape index (κ1) is 20.3. The molecule has 0 aromatic rings. The summed E-state index contributed by atoms with van der Waals surface area (Å²) in [5.41, 5.74) is 0. The standard InChI is InChI=1S/2C4H4O4.Cu/c2*5-3(6)1-2-4(7)8;/h2*1-2H,(H,5,6)(H,7,8);/b2*2-1-;. The molecule has 0 amide bonds. The number of carboxylic acids is 4. The van der Waals surface area contributed by atoms with Crippen molar-refractivity contribution < 1.29 is 56.7 Å². The van der Waals surface area contributed by atoms with Crippen LogP contribution in [0.4, 0.5) is 0 Å². The molecule has 0 bridgehead atoms. The molecular weight excluding hydrogens is 288 g/mol. The number of aliphatic carboxylic acids is 4. The molecule has 0 fully saturated rings. The van der Waals surface area contributed by atoms with Crippen molar-refractivity contribution in [1.82, 2.24) is 0 Å². The minimum absolute atomic E-state index is 0. The normalized spacial score (nSPS) is 8.94. The van der Waals surface area contributed by atoms with Gasteiger partial charge in [0.05, 0.1) is 0 Å². The molecule has 0 saturated carbocycles. The van der Waals surface area contributed by atoms with Gasteiger partial charge in [-0.15, -0.1) is 0 Å². The minimum Gasteiger partial charge on any atom is -0.478 e. The first-order valence-corrected chi connectivity index (χ1v) is 3.53. The van der Waals surface area contributed by atoms with E-state index in [1.807, 2.05) is 0 Å². The van der Waals surface area contributed by atoms with Crippen LogP contribution in [0.15, 0.2) is 24.3 Å². The Bertz CT molecular complexity index is 277. The van der Waals surface area contributed by atoms with Gasteiger partial charge < -0.3 is 20.4 Å². The second-order valence-electron chi connectivity index (χ2n) is 2.02. The van der Waals surface area contributed by atoms with E-state index in [1.165, 1.54) is 0 Å². The summed E-state index contributed by atoms with van der Waals surface area (Å²) >= 11 is 0. The Hall–Kier alpha value is -2.12. The van der Waals surface area contributed by atoms with Crippen LogP contribution in [0.3, 0.4) is 0 Å². The minimum atomic E-state index is -1.26. The Balaban J connectivity index is -0.000000218. The third-order valence-corrected chi connectivity index (χ3v) is 0.737. The van der Waals surface area contributed by atoms with Gasteiger partial charge in [-0.25, -0.2) is 19.2 Å². The molecule has 99 valence electrons. The summed E-state index contributed by atoms with van der Waals surface area (Å²) < 4.78 is 0. The molecule has 8 nitrogen and oxygen atoms in total. The predicted molar refractivity (Wildman–Crippen MR) is 48.8 cm³/mol. The van der Waals surface area contributed by atoms with Crippen LogP contribution in [-0.4, -0.2) is 44.3 Å². The zero-order valence-corrected chi connectivity index (χ0v) is 8.97. The van der Waals surface area contributed by atoms with Gasteiger partial charge in [-0.3, -0.25) is 0 Å². The summed E-state index contributed by atoms with van der Waals surface area (Å²) in [5.74, 6) is -5.03. The van der Waals surface area contributed by atoms with Gasteiger partial charge in [0.2, 0.25) is 0 Å². The molecule has 0 aliphatic heterocycles. The molecule has 0 rings (SSSR count). The van der Waals surface area contributed by atoms with E-state index in [-0.39, 0.29) is 17.1 Å². The van der Waals surface area contributed by atoms with Crippen LogP contribution < -0.4 is 0 Å². The Morgan fingerprint density at radius 3 is 0.706 bits per heavy atom. The average Bonchev–Trinajstić information content (AvgIpc) is 2.12. The van der Waals surface area contributed by atoms with E-state index in [4.69, 9.17) is 20.4 Å². The molecule has 17 heavy (non-hydrogen) atoms. The molecule has 0 aliphatic carbocycles. The molecular formula is C8H8CuO8. The molecule has 0 atom stereocenters. The third kappa shape index (κ3) is 31.5. The molecule has 0 saturated heterocycles. The topological polar surface area (TPSA) is 149 Å². The summed E-state index contributed by atoms with van der Waals surface area (Å²) in [7, 11) is 0. The Labute approximate surface area is 105 Å². The van der Waals surface area contributed by atoms with Crippen LogP contribution in [0.25, 0.3) is 0 Å². The van der Waals surface area contributed by atoms with Crippen LogP contribution in [-0.2, 0) is 36.2 Å². The molecule has 0 spiro atoms. The van der Waals surface area contributed by atoms with E-state index in [2.05, 4.69) is 0 Å². The van der Waals surface area contributed by atoms with Gasteiger partial charge in [0, 0.05) is 41.4 Å². The number of carboxylic acid groups (broad SMARTS) is 4. The summed E-state index contributed by atoms with van der Waals surface area (Å²) in [5, 5.41) is 31.2. The fourth-order valence-electron chi connectivity index (χ4n) is 0.285. The number of hydrogen-bond donors (Lipinski definition) is 4. The van der Waals surface area contributed by atoms with Crippen LogP contribution in [0.5, 0.6) is 0 Å². The Morgan fingerprint density at radius 1 is 0.529 bits per heavy atom. The van der Waals surface area contributed by atoms with Gasteiger partial charge >= 0.3 is 23.9 Å². The number of carbonyl (C=O) groups is 4. The summed E-state index contributed by atoms with van der Waals surface area (Å²) in [6, 6.07) is 0. The summed E-state index contributed by atoms with van der Waals surface area (Å²) in [4.78, 5) is 38.2. The van der Waals surface area contributed by atoms with Crippen LogP contribution >= 0.6 is 0 Å². The monoisotopic (exact) mass is 295 g/mol. The number of hydrogen-bond acceptors (Lipinski definition) is 4. The van der Waals surface area contributed by atoms with E-state index >= 15 is 0 Å². The maximum absolute atomic E-state index is 9.55. The predicted octanol–water partition coefficient (Wildman–Crippen LogP) is -0.579. The van der Waals surface area contributed by atoms with E-state index in [9.17, 15) is 19.2 Å². The molecule has 0 heterocycles. The first-order chi connectivity index (χ1) is 7.25. The first-order valence-electron chi connectivity index (χ1n) is 3.53. The van der Waals surface area contributed by atoms with Crippen molar-refractivity contribution in [3.8, 4) is 0 Å². The van der Waals surface area contributed by atoms with Crippen molar-refractivity contribution in [1.29, 1.82) is 0 Å². The quantitative estimate of drug-likeness (QED) is 0.397. The van der Waals surface area contributed by atoms with Gasteiger partial charge in [-0.05, 0) is 0 Å². The molecule has 0 unspecified atom stereocenters. The van der Waals surface area contributed by atoms with Crippen molar-refractivity contribution in [2.75, 3.05) is 0 Å². The molecule has 9 heteroatoms. The van der Waals surface area contributed by atoms with E-state index in [0.717, 1.165) is 0 Å². The summed E-state index contributed by atoms with van der Waals surface area (Å²) in [6.07, 6.45) is 2.23. The van der Waals surface area contributed by atoms with E-state index in [0.29, 0.717) is 24.3 Å². The SMILES string of the molecule is O=C(O)/C=C\C(=O)O.O=C(O)/C=C\C(=O)O.[Cu]. The van der Waals surface area contributed by atoms with Gasteiger partial charge in [0.1, 0.15) is 0 Å². The van der Waals surface area contributed by atoms with Gasteiger partial charge in [-0.1, -0.05) is 0 Å². The second-order valence-corrected chi connectivity index (χ2v) is 2.02. The number of rotatable bonds is 4. The maximum atomic E-state index is 9.55. The van der Waals surface area contributed by atoms with Crippen molar-refractivity contribution >= 4 is 23.9 Å². The molecule has 0 aromatic heterocycles. The zero-order valence-electron chi connectivity index (χ0n) is 8.03. The van der Waals surface area contributed by atoms with Crippen molar-refractivity contribution in [3.63, 3.8) is 0 Å². The largest absolute Gasteiger partial charge is 0.478 e. The molecule has 4 N–H and O–H groups in total. The van der Waals surface area contributed by atoms with Gasteiger partial charge in [0.25, 0.3) is 0 Å². The fourth-order valence-corrected chi connectivity index (χ4v) is 0.285. The second kappa shape index (κ2) is 12.0. The zero-order chi connectivity index (χ0) is 13.1. The Morgan fingerprint density at radius 2 is 0.647 bits per heavy atom. The van der Waals surface area contributed by atoms with E-state index in [1.54, 1.807) is 0 Å². The third-order valence-electron chi connectivity index (χ3n) is 0.737. The van der Waals surface area contributed by atoms with Crippen LogP contribution in [0, 0.1) is 0 Å². The summed E-state index contributed by atoms with van der Waals surface area (Å²) in [6.45, 7) is 0. The van der Waals surface area contributed by atoms with Gasteiger partial charge in [0.15, 0.2) is 0 Å². The molecule has 1 radical (unpaired) electrons. The Kier molecular flexibility index (Phi) is 14.3. The molecule has 0 aliphatic rings. The maximum Gasteiger partial charge on any atom is 0.328 e. The molecule has 0 aromatic carbocycles. The van der Waals surface area contributed by atoms with Crippen molar-refractivity contribution in [2.24, 2.45) is 0 Å². The van der Waals surface area contributed by atoms with E-state index < -0.39 is 23.9 Å². The smallest absolute Gasteiger partial charge is 0.328 e. The van der Waals surface area contributed by atoms with Crippen LogP contribution in [0.2, 0.25) is 0 Å². The fraction of sp³-hybridized carbons (Fsp3) is 0. The van der Waals surface area contributed by atoms with Gasteiger partial charge in [-0.2, -0.15) is 0 Å². The van der Waals surface area contributed by atoms with Crippen molar-refractivity contribution in [2.45, 2.75) is 0 Å².